The van der Waals surface area contributed by atoms with Crippen molar-refractivity contribution in [3.05, 3.63) is 35.2 Å². The fourth-order valence-electron chi connectivity index (χ4n) is 3.06. The highest BCUT2D eigenvalue weighted by molar-refractivity contribution is 5.97. The number of fused-ring (bicyclic) bond motifs is 1. The zero-order valence-electron chi connectivity index (χ0n) is 15.5. The minimum absolute atomic E-state index is 0.0439. The van der Waals surface area contributed by atoms with Crippen LogP contribution in [0.3, 0.4) is 0 Å². The van der Waals surface area contributed by atoms with Crippen LogP contribution in [-0.4, -0.2) is 64.6 Å². The van der Waals surface area contributed by atoms with E-state index in [0.29, 0.717) is 38.3 Å². The molecule has 26 heavy (non-hydrogen) atoms. The van der Waals surface area contributed by atoms with Gasteiger partial charge in [-0.1, -0.05) is 0 Å². The third kappa shape index (κ3) is 3.76. The standard InChI is InChI=1S/C19H24N4O3/c1-4-26-19(25)23-9-5-8-22(10-11-23)18(24)15-6-7-16-17(12-15)21-14(3)13(2)20-16/h6-7,12H,4-5,8-11H2,1-3H3. The molecular formula is C19H24N4O3. The predicted octanol–water partition coefficient (Wildman–Crippen LogP) is 2.55. The van der Waals surface area contributed by atoms with Gasteiger partial charge in [0.05, 0.1) is 29.0 Å². The number of nitrogens with zero attached hydrogens (tertiary/aromatic N) is 4. The van der Waals surface area contributed by atoms with E-state index in [1.54, 1.807) is 28.9 Å². The Labute approximate surface area is 153 Å². The van der Waals surface area contributed by atoms with Gasteiger partial charge in [0.15, 0.2) is 0 Å². The molecule has 0 spiro atoms. The van der Waals surface area contributed by atoms with Gasteiger partial charge in [0.2, 0.25) is 0 Å². The first-order chi connectivity index (χ1) is 12.5. The molecule has 0 atom stereocenters. The smallest absolute Gasteiger partial charge is 0.409 e. The van der Waals surface area contributed by atoms with Crippen molar-refractivity contribution in [2.75, 3.05) is 32.8 Å². The summed E-state index contributed by atoms with van der Waals surface area (Å²) in [5.74, 6) is -0.0439. The van der Waals surface area contributed by atoms with Crippen LogP contribution in [0.15, 0.2) is 18.2 Å². The Morgan fingerprint density at radius 1 is 1.00 bits per heavy atom. The first-order valence-electron chi connectivity index (χ1n) is 8.95. The fourth-order valence-corrected chi connectivity index (χ4v) is 3.06. The maximum Gasteiger partial charge on any atom is 0.409 e. The number of aromatic nitrogens is 2. The summed E-state index contributed by atoms with van der Waals surface area (Å²) in [5, 5.41) is 0. The van der Waals surface area contributed by atoms with Crippen molar-refractivity contribution in [2.45, 2.75) is 27.2 Å². The van der Waals surface area contributed by atoms with Crippen molar-refractivity contribution < 1.29 is 14.3 Å². The van der Waals surface area contributed by atoms with Crippen LogP contribution in [0, 0.1) is 13.8 Å². The van der Waals surface area contributed by atoms with Crippen LogP contribution in [0.4, 0.5) is 4.79 Å². The monoisotopic (exact) mass is 356 g/mol. The topological polar surface area (TPSA) is 75.6 Å². The van der Waals surface area contributed by atoms with E-state index < -0.39 is 0 Å². The molecule has 1 aliphatic rings. The molecule has 7 heteroatoms. The van der Waals surface area contributed by atoms with Crippen LogP contribution >= 0.6 is 0 Å². The Balaban J connectivity index is 1.75. The average Bonchev–Trinajstić information content (AvgIpc) is 2.88. The minimum Gasteiger partial charge on any atom is -0.450 e. The summed E-state index contributed by atoms with van der Waals surface area (Å²) in [6.45, 7) is 8.18. The van der Waals surface area contributed by atoms with Crippen LogP contribution in [0.25, 0.3) is 11.0 Å². The molecule has 0 saturated carbocycles. The molecule has 0 N–H and O–H groups in total. The van der Waals surface area contributed by atoms with Gasteiger partial charge in [-0.3, -0.25) is 4.79 Å². The molecule has 1 saturated heterocycles. The third-order valence-corrected chi connectivity index (χ3v) is 4.63. The van der Waals surface area contributed by atoms with Gasteiger partial charge in [-0.15, -0.1) is 0 Å². The number of rotatable bonds is 2. The average molecular weight is 356 g/mol. The summed E-state index contributed by atoms with van der Waals surface area (Å²) in [6, 6.07) is 5.43. The second-order valence-corrected chi connectivity index (χ2v) is 6.43. The van der Waals surface area contributed by atoms with Gasteiger partial charge in [-0.25, -0.2) is 14.8 Å². The highest BCUT2D eigenvalue weighted by atomic mass is 16.6. The number of ether oxygens (including phenoxy) is 1. The molecule has 7 nitrogen and oxygen atoms in total. The molecule has 1 aliphatic heterocycles. The Hall–Kier alpha value is -2.70. The summed E-state index contributed by atoms with van der Waals surface area (Å²) in [4.78, 5) is 37.3. The van der Waals surface area contributed by atoms with E-state index in [9.17, 15) is 9.59 Å². The SMILES string of the molecule is CCOC(=O)N1CCCN(C(=O)c2ccc3nc(C)c(C)nc3c2)CC1. The number of benzene rings is 1. The van der Waals surface area contributed by atoms with Gasteiger partial charge in [0.1, 0.15) is 0 Å². The van der Waals surface area contributed by atoms with E-state index in [0.717, 1.165) is 28.8 Å². The molecule has 2 aromatic rings. The summed E-state index contributed by atoms with van der Waals surface area (Å²) < 4.78 is 5.05. The van der Waals surface area contributed by atoms with Crippen LogP contribution in [0.5, 0.6) is 0 Å². The zero-order chi connectivity index (χ0) is 18.7. The Kier molecular flexibility index (Phi) is 5.35. The molecule has 138 valence electrons. The van der Waals surface area contributed by atoms with E-state index in [1.807, 2.05) is 19.9 Å². The van der Waals surface area contributed by atoms with Crippen LogP contribution in [-0.2, 0) is 4.74 Å². The van der Waals surface area contributed by atoms with Gasteiger partial charge in [0.25, 0.3) is 5.91 Å². The van der Waals surface area contributed by atoms with Crippen LogP contribution < -0.4 is 0 Å². The summed E-state index contributed by atoms with van der Waals surface area (Å²) in [6.07, 6.45) is 0.421. The Morgan fingerprint density at radius 3 is 2.38 bits per heavy atom. The molecule has 0 aliphatic carbocycles. The number of hydrogen-bond acceptors (Lipinski definition) is 5. The molecule has 0 unspecified atom stereocenters. The van der Waals surface area contributed by atoms with Crippen LogP contribution in [0.2, 0.25) is 0 Å². The third-order valence-electron chi connectivity index (χ3n) is 4.63. The van der Waals surface area contributed by atoms with E-state index in [4.69, 9.17) is 4.74 Å². The van der Waals surface area contributed by atoms with Crippen molar-refractivity contribution in [3.63, 3.8) is 0 Å². The first-order valence-corrected chi connectivity index (χ1v) is 8.95. The summed E-state index contributed by atoms with van der Waals surface area (Å²) >= 11 is 0. The second-order valence-electron chi connectivity index (χ2n) is 6.43. The van der Waals surface area contributed by atoms with Crippen molar-refractivity contribution >= 4 is 23.0 Å². The molecule has 2 heterocycles. The molecule has 1 aromatic heterocycles. The lowest BCUT2D eigenvalue weighted by molar-refractivity contribution is 0.0753. The lowest BCUT2D eigenvalue weighted by Crippen LogP contribution is -2.37. The molecule has 2 amide bonds. The Bertz CT molecular complexity index is 837. The lowest BCUT2D eigenvalue weighted by atomic mass is 10.1. The van der Waals surface area contributed by atoms with E-state index in [-0.39, 0.29) is 12.0 Å². The van der Waals surface area contributed by atoms with Gasteiger partial charge in [0, 0.05) is 31.7 Å². The normalized spacial score (nSPS) is 15.0. The summed E-state index contributed by atoms with van der Waals surface area (Å²) in [7, 11) is 0. The number of hydrogen-bond donors (Lipinski definition) is 0. The quantitative estimate of drug-likeness (QED) is 0.827. The lowest BCUT2D eigenvalue weighted by Gasteiger charge is -2.22. The maximum atomic E-state index is 12.9. The van der Waals surface area contributed by atoms with Gasteiger partial charge < -0.3 is 14.5 Å². The highest BCUT2D eigenvalue weighted by Crippen LogP contribution is 2.17. The first kappa shape index (κ1) is 18.1. The summed E-state index contributed by atoms with van der Waals surface area (Å²) in [5.41, 5.74) is 3.86. The van der Waals surface area contributed by atoms with E-state index in [2.05, 4.69) is 9.97 Å². The molecule has 1 fully saturated rings. The van der Waals surface area contributed by atoms with Crippen LogP contribution in [0.1, 0.15) is 35.1 Å². The van der Waals surface area contributed by atoms with Gasteiger partial charge in [-0.2, -0.15) is 0 Å². The largest absolute Gasteiger partial charge is 0.450 e. The number of carbonyl (C=O) groups is 2. The second kappa shape index (κ2) is 7.68. The number of aryl methyl sites for hydroxylation is 2. The molecule has 1 aromatic carbocycles. The highest BCUT2D eigenvalue weighted by Gasteiger charge is 2.23. The predicted molar refractivity (Wildman–Crippen MR) is 98.1 cm³/mol. The molecule has 3 rings (SSSR count). The molecule has 0 radical (unpaired) electrons. The molecular weight excluding hydrogens is 332 g/mol. The van der Waals surface area contributed by atoms with Gasteiger partial charge in [-0.05, 0) is 45.4 Å². The minimum atomic E-state index is -0.311. The van der Waals surface area contributed by atoms with E-state index >= 15 is 0 Å². The van der Waals surface area contributed by atoms with E-state index in [1.165, 1.54) is 0 Å². The van der Waals surface area contributed by atoms with Crippen molar-refractivity contribution in [1.82, 2.24) is 19.8 Å². The number of carbonyl (C=O) groups excluding carboxylic acids is 2. The maximum absolute atomic E-state index is 12.9. The Morgan fingerprint density at radius 2 is 1.65 bits per heavy atom. The molecule has 0 bridgehead atoms. The number of amides is 2. The fraction of sp³-hybridized carbons (Fsp3) is 0.474. The van der Waals surface area contributed by atoms with Crippen molar-refractivity contribution in [2.24, 2.45) is 0 Å². The van der Waals surface area contributed by atoms with Crippen molar-refractivity contribution in [3.8, 4) is 0 Å². The van der Waals surface area contributed by atoms with Crippen molar-refractivity contribution in [1.29, 1.82) is 0 Å². The van der Waals surface area contributed by atoms with Gasteiger partial charge >= 0.3 is 6.09 Å². The zero-order valence-corrected chi connectivity index (χ0v) is 15.5.